The van der Waals surface area contributed by atoms with E-state index in [0.717, 1.165) is 14.3 Å². The number of esters is 1. The van der Waals surface area contributed by atoms with Crippen molar-refractivity contribution in [2.45, 2.75) is 31.6 Å². The van der Waals surface area contributed by atoms with Crippen molar-refractivity contribution in [3.05, 3.63) is 49.2 Å². The largest absolute Gasteiger partial charge is 0.744 e. The zero-order valence-electron chi connectivity index (χ0n) is 14.3. The zero-order chi connectivity index (χ0) is 20.7. The molecule has 0 spiro atoms. The number of ether oxygens (including phenoxy) is 1. The second-order valence-corrected chi connectivity index (χ2v) is 11.7. The van der Waals surface area contributed by atoms with Crippen LogP contribution in [-0.2, 0) is 10.1 Å². The molecule has 0 radical (unpaired) electrons. The maximum absolute atomic E-state index is 12.8. The number of benzene rings is 2. The van der Waals surface area contributed by atoms with Gasteiger partial charge in [0.25, 0.3) is 0 Å². The first-order valence-corrected chi connectivity index (χ1v) is 13.2. The molecule has 0 aliphatic heterocycles. The molecule has 0 saturated heterocycles. The van der Waals surface area contributed by atoms with Crippen LogP contribution in [0.25, 0.3) is 0 Å². The highest BCUT2D eigenvalue weighted by Gasteiger charge is 2.21. The molecule has 5 nitrogen and oxygen atoms in total. The van der Waals surface area contributed by atoms with E-state index in [-0.39, 0.29) is 16.4 Å². The normalized spacial score (nSPS) is 11.7. The van der Waals surface area contributed by atoms with E-state index < -0.39 is 16.1 Å². The SMILES string of the molecule is Cc1cc(S(=O)(=O)[O-])c(C(C)C)cc1C(=O)Oc1cc(I)c(I)c(I)c1I. The predicted molar refractivity (Wildman–Crippen MR) is 135 cm³/mol. The zero-order valence-corrected chi connectivity index (χ0v) is 23.7. The summed E-state index contributed by atoms with van der Waals surface area (Å²) in [6.07, 6.45) is 0. The standard InChI is InChI=1S/C17H14I4O5S/c1-7(2)9-5-10(8(3)4-13(9)27(23,24)25)17(22)26-12-6-11(18)14(19)16(21)15(12)20/h4-7H,1-3H3,(H,23,24,25)/p-1. The van der Waals surface area contributed by atoms with Crippen molar-refractivity contribution in [2.24, 2.45) is 0 Å². The van der Waals surface area contributed by atoms with Crippen LogP contribution in [0.3, 0.4) is 0 Å². The highest BCUT2D eigenvalue weighted by atomic mass is 127. The lowest BCUT2D eigenvalue weighted by Crippen LogP contribution is -2.15. The molecule has 0 atom stereocenters. The smallest absolute Gasteiger partial charge is 0.343 e. The molecule has 0 aliphatic rings. The number of carbonyl (C=O) groups excluding carboxylic acids is 1. The van der Waals surface area contributed by atoms with Crippen LogP contribution < -0.4 is 4.74 Å². The quantitative estimate of drug-likeness (QED) is 0.0993. The van der Waals surface area contributed by atoms with E-state index in [1.165, 1.54) is 12.1 Å². The van der Waals surface area contributed by atoms with Gasteiger partial charge in [0, 0.05) is 10.7 Å². The van der Waals surface area contributed by atoms with Crippen LogP contribution in [0.15, 0.2) is 23.1 Å². The lowest BCUT2D eigenvalue weighted by Gasteiger charge is -2.19. The molecule has 2 aromatic carbocycles. The summed E-state index contributed by atoms with van der Waals surface area (Å²) in [5.41, 5.74) is 0.929. The van der Waals surface area contributed by atoms with Crippen molar-refractivity contribution >= 4 is 106 Å². The van der Waals surface area contributed by atoms with Crippen LogP contribution in [-0.4, -0.2) is 18.9 Å². The Labute approximate surface area is 212 Å². The summed E-state index contributed by atoms with van der Waals surface area (Å²) in [6, 6.07) is 4.49. The third kappa shape index (κ3) is 5.46. The van der Waals surface area contributed by atoms with Gasteiger partial charge in [0.1, 0.15) is 15.9 Å². The molecule has 0 bridgehead atoms. The van der Waals surface area contributed by atoms with E-state index in [9.17, 15) is 17.8 Å². The van der Waals surface area contributed by atoms with Crippen LogP contribution in [0.2, 0.25) is 0 Å². The average Bonchev–Trinajstić information content (AvgIpc) is 2.56. The fourth-order valence-electron chi connectivity index (χ4n) is 2.37. The van der Waals surface area contributed by atoms with Crippen molar-refractivity contribution in [1.29, 1.82) is 0 Å². The molecule has 10 heteroatoms. The molecule has 27 heavy (non-hydrogen) atoms. The molecular formula is C17H13I4O5S-. The van der Waals surface area contributed by atoms with Crippen LogP contribution in [0, 0.1) is 21.2 Å². The number of hydrogen-bond acceptors (Lipinski definition) is 5. The highest BCUT2D eigenvalue weighted by molar-refractivity contribution is 14.1. The van der Waals surface area contributed by atoms with Gasteiger partial charge in [-0.05, 0) is 133 Å². The van der Waals surface area contributed by atoms with Gasteiger partial charge in [-0.2, -0.15) is 0 Å². The molecule has 2 rings (SSSR count). The van der Waals surface area contributed by atoms with E-state index in [4.69, 9.17) is 4.74 Å². The van der Waals surface area contributed by atoms with E-state index >= 15 is 0 Å². The van der Waals surface area contributed by atoms with E-state index in [1.54, 1.807) is 26.8 Å². The first kappa shape index (κ1) is 24.0. The minimum absolute atomic E-state index is 0.240. The van der Waals surface area contributed by atoms with Gasteiger partial charge in [0.05, 0.1) is 14.0 Å². The van der Waals surface area contributed by atoms with Crippen molar-refractivity contribution in [1.82, 2.24) is 0 Å². The Morgan fingerprint density at radius 1 is 1.04 bits per heavy atom. The van der Waals surface area contributed by atoms with E-state index in [2.05, 4.69) is 90.4 Å². The van der Waals surface area contributed by atoms with Gasteiger partial charge in [-0.15, -0.1) is 0 Å². The minimum Gasteiger partial charge on any atom is -0.744 e. The van der Waals surface area contributed by atoms with Crippen molar-refractivity contribution < 1.29 is 22.5 Å². The number of hydrogen-bond donors (Lipinski definition) is 0. The fourth-order valence-corrected chi connectivity index (χ4v) is 6.37. The molecule has 0 amide bonds. The van der Waals surface area contributed by atoms with E-state index in [1.807, 2.05) is 0 Å². The molecule has 2 aromatic rings. The molecule has 146 valence electrons. The summed E-state index contributed by atoms with van der Waals surface area (Å²) in [4.78, 5) is 12.5. The Balaban J connectivity index is 2.54. The van der Waals surface area contributed by atoms with Gasteiger partial charge in [-0.25, -0.2) is 13.2 Å². The Bertz CT molecular complexity index is 1030. The molecule has 0 N–H and O–H groups in total. The summed E-state index contributed by atoms with van der Waals surface area (Å²) in [6.45, 7) is 5.12. The molecule has 0 fully saturated rings. The Morgan fingerprint density at radius 3 is 2.15 bits per heavy atom. The first-order valence-electron chi connectivity index (χ1n) is 7.50. The molecule has 0 saturated carbocycles. The summed E-state index contributed by atoms with van der Waals surface area (Å²) < 4.78 is 44.2. The van der Waals surface area contributed by atoms with Crippen molar-refractivity contribution in [2.75, 3.05) is 0 Å². The average molecular weight is 837 g/mol. The Morgan fingerprint density at radius 2 is 1.63 bits per heavy atom. The molecule has 0 aromatic heterocycles. The van der Waals surface area contributed by atoms with Crippen LogP contribution in [0.1, 0.15) is 41.3 Å². The number of carbonyl (C=O) groups is 1. The topological polar surface area (TPSA) is 83.5 Å². The number of rotatable bonds is 4. The lowest BCUT2D eigenvalue weighted by atomic mass is 9.97. The van der Waals surface area contributed by atoms with Crippen LogP contribution >= 0.6 is 90.4 Å². The number of halogens is 4. The molecular weight excluding hydrogens is 824 g/mol. The summed E-state index contributed by atoms with van der Waals surface area (Å²) in [7, 11) is -4.63. The lowest BCUT2D eigenvalue weighted by molar-refractivity contribution is 0.0732. The van der Waals surface area contributed by atoms with Crippen LogP contribution in [0.4, 0.5) is 0 Å². The third-order valence-corrected chi connectivity index (χ3v) is 11.8. The van der Waals surface area contributed by atoms with Gasteiger partial charge in [0.15, 0.2) is 0 Å². The van der Waals surface area contributed by atoms with Crippen molar-refractivity contribution in [3.8, 4) is 5.75 Å². The van der Waals surface area contributed by atoms with Gasteiger partial charge >= 0.3 is 5.97 Å². The fraction of sp³-hybridized carbons (Fsp3) is 0.235. The molecule has 0 unspecified atom stereocenters. The van der Waals surface area contributed by atoms with Gasteiger partial charge in [0.2, 0.25) is 0 Å². The van der Waals surface area contributed by atoms with Gasteiger partial charge < -0.3 is 9.29 Å². The molecule has 0 heterocycles. The monoisotopic (exact) mass is 837 g/mol. The highest BCUT2D eigenvalue weighted by Crippen LogP contribution is 2.34. The maximum atomic E-state index is 12.8. The van der Waals surface area contributed by atoms with Crippen LogP contribution in [0.5, 0.6) is 5.75 Å². The second kappa shape index (κ2) is 9.26. The predicted octanol–water partition coefficient (Wildman–Crippen LogP) is 5.66. The minimum atomic E-state index is -4.63. The Hall–Kier alpha value is 0.740. The summed E-state index contributed by atoms with van der Waals surface area (Å²) in [5, 5.41) is 0. The number of aryl methyl sites for hydroxylation is 1. The van der Waals surface area contributed by atoms with Crippen molar-refractivity contribution in [3.63, 3.8) is 0 Å². The maximum Gasteiger partial charge on any atom is 0.343 e. The van der Waals surface area contributed by atoms with E-state index in [0.29, 0.717) is 16.9 Å². The summed E-state index contributed by atoms with van der Waals surface area (Å²) in [5.74, 6) is -0.382. The van der Waals surface area contributed by atoms with Gasteiger partial charge in [-0.3, -0.25) is 0 Å². The Kier molecular flexibility index (Phi) is 8.24. The third-order valence-electron chi connectivity index (χ3n) is 3.74. The molecule has 0 aliphatic carbocycles. The first-order chi connectivity index (χ1) is 12.3. The summed E-state index contributed by atoms with van der Waals surface area (Å²) >= 11 is 8.75. The van der Waals surface area contributed by atoms with Gasteiger partial charge in [-0.1, -0.05) is 13.8 Å². The second-order valence-electron chi connectivity index (χ2n) is 6.00.